The number of anilines is 3. The smallest absolute Gasteiger partial charge is 0.418 e. The fraction of sp³-hybridized carbons (Fsp3) is 0.406. The molecular weight excluding hydrogens is 659 g/mol. The molecule has 4 aliphatic rings. The molecule has 0 aliphatic carbocycles. The average molecular weight is 691 g/mol. The van der Waals surface area contributed by atoms with Crippen LogP contribution >= 0.6 is 11.6 Å². The second-order valence-corrected chi connectivity index (χ2v) is 12.8. The Balaban J connectivity index is 1.41. The maximum atomic E-state index is 17.0. The molecule has 1 unspecified atom stereocenters. The average Bonchev–Trinajstić information content (AvgIpc) is 3.48. The maximum Gasteiger partial charge on any atom is 0.418 e. The number of nitrogen functional groups attached to an aromatic ring is 2. The van der Waals surface area contributed by atoms with E-state index < -0.39 is 52.3 Å². The second-order valence-electron chi connectivity index (χ2n) is 12.5. The summed E-state index contributed by atoms with van der Waals surface area (Å²) in [6, 6.07) is 3.97. The lowest BCUT2D eigenvalue weighted by Gasteiger charge is -2.32. The quantitative estimate of drug-likeness (QED) is 0.252. The predicted octanol–water partition coefficient (Wildman–Crippen LogP) is 6.40. The summed E-state index contributed by atoms with van der Waals surface area (Å²) in [6.45, 7) is 3.99. The summed E-state index contributed by atoms with van der Waals surface area (Å²) in [6.07, 6.45) is -1.10. The summed E-state index contributed by atoms with van der Waals surface area (Å²) in [5.41, 5.74) is 9.36. The van der Waals surface area contributed by atoms with Crippen molar-refractivity contribution >= 4 is 34.8 Å². The number of nitrogens with two attached hydrogens (primary N) is 2. The molecule has 0 saturated carbocycles. The first-order chi connectivity index (χ1) is 22.8. The molecule has 48 heavy (non-hydrogen) atoms. The minimum atomic E-state index is -4.92. The summed E-state index contributed by atoms with van der Waals surface area (Å²) in [4.78, 5) is 16.4. The van der Waals surface area contributed by atoms with Crippen LogP contribution in [0.1, 0.15) is 54.5 Å². The Labute approximate surface area is 277 Å². The number of ether oxygens (including phenoxy) is 2. The van der Waals surface area contributed by atoms with E-state index in [2.05, 4.69) is 20.3 Å². The Morgan fingerprint density at radius 3 is 2.81 bits per heavy atom. The molecule has 2 saturated heterocycles. The number of aryl methyl sites for hydroxylation is 1. The third-order valence-electron chi connectivity index (χ3n) is 9.47. The summed E-state index contributed by atoms with van der Waals surface area (Å²) < 4.78 is 87.3. The van der Waals surface area contributed by atoms with Crippen LogP contribution in [0.3, 0.4) is 0 Å². The molecule has 7 rings (SSSR count). The minimum absolute atomic E-state index is 0.0275. The first kappa shape index (κ1) is 32.2. The largest absolute Gasteiger partial charge is 0.462 e. The van der Waals surface area contributed by atoms with Crippen molar-refractivity contribution in [1.29, 1.82) is 0 Å². The van der Waals surface area contributed by atoms with Gasteiger partial charge < -0.3 is 31.2 Å². The Kier molecular flexibility index (Phi) is 7.81. The van der Waals surface area contributed by atoms with Gasteiger partial charge in [0.05, 0.1) is 50.9 Å². The highest BCUT2D eigenvalue weighted by atomic mass is 35.5. The molecule has 6 heterocycles. The predicted molar refractivity (Wildman–Crippen MR) is 170 cm³/mol. The van der Waals surface area contributed by atoms with E-state index in [9.17, 15) is 17.6 Å². The normalized spacial score (nSPS) is 22.6. The Morgan fingerprint density at radius 2 is 2.06 bits per heavy atom. The Bertz CT molecular complexity index is 1870. The lowest BCUT2D eigenvalue weighted by atomic mass is 9.95. The van der Waals surface area contributed by atoms with E-state index in [1.54, 1.807) is 23.2 Å². The fourth-order valence-corrected chi connectivity index (χ4v) is 7.66. The van der Waals surface area contributed by atoms with Crippen LogP contribution in [-0.2, 0) is 10.9 Å². The zero-order valence-electron chi connectivity index (χ0n) is 26.0. The number of alkyl halides is 4. The van der Waals surface area contributed by atoms with E-state index in [1.807, 2.05) is 11.8 Å². The van der Waals surface area contributed by atoms with Gasteiger partial charge in [-0.3, -0.25) is 4.90 Å². The highest BCUT2D eigenvalue weighted by molar-refractivity contribution is 6.37. The topological polar surface area (TPSA) is 127 Å². The van der Waals surface area contributed by atoms with Crippen molar-refractivity contribution in [2.24, 2.45) is 4.99 Å². The molecular formula is C32H32ClF5N8O2. The van der Waals surface area contributed by atoms with Gasteiger partial charge in [0.15, 0.2) is 11.6 Å². The first-order valence-electron chi connectivity index (χ1n) is 15.4. The van der Waals surface area contributed by atoms with Crippen LogP contribution in [0.25, 0.3) is 11.3 Å². The number of benzene rings is 1. The van der Waals surface area contributed by atoms with Gasteiger partial charge >= 0.3 is 12.1 Å². The number of aliphatic imine (C=N–C) groups is 1. The lowest BCUT2D eigenvalue weighted by molar-refractivity contribution is -0.137. The van der Waals surface area contributed by atoms with Gasteiger partial charge in [0.25, 0.3) is 0 Å². The molecule has 16 heteroatoms. The van der Waals surface area contributed by atoms with Gasteiger partial charge in [-0.05, 0) is 50.9 Å². The SMILES string of the molecule is Cc1cc(N)nc(-c2c(F)c3c4c(c2Cl)NCN=C4N(C(C)c2cccnc2N)C=C(OC[C@@]24CCCN2C[C@H](F)C4)O3)c1C(F)(F)F. The van der Waals surface area contributed by atoms with Gasteiger partial charge in [0.1, 0.15) is 36.9 Å². The number of hydrogen-bond acceptors (Lipinski definition) is 10. The number of amidine groups is 1. The van der Waals surface area contributed by atoms with Crippen LogP contribution in [0.5, 0.6) is 5.75 Å². The van der Waals surface area contributed by atoms with Crippen molar-refractivity contribution in [3.05, 3.63) is 69.6 Å². The molecule has 4 aliphatic heterocycles. The third-order valence-corrected chi connectivity index (χ3v) is 9.85. The zero-order chi connectivity index (χ0) is 34.1. The van der Waals surface area contributed by atoms with Crippen molar-refractivity contribution in [3.63, 3.8) is 0 Å². The second kappa shape index (κ2) is 11.7. The molecule has 10 nitrogen and oxygen atoms in total. The van der Waals surface area contributed by atoms with E-state index in [-0.39, 0.29) is 71.5 Å². The molecule has 1 aromatic carbocycles. The Morgan fingerprint density at radius 1 is 1.27 bits per heavy atom. The molecule has 2 fully saturated rings. The number of rotatable bonds is 6. The van der Waals surface area contributed by atoms with Crippen molar-refractivity contribution in [2.75, 3.05) is 43.1 Å². The van der Waals surface area contributed by atoms with Crippen molar-refractivity contribution in [1.82, 2.24) is 19.8 Å². The van der Waals surface area contributed by atoms with Crippen LogP contribution in [0.15, 0.2) is 41.5 Å². The fourth-order valence-electron chi connectivity index (χ4n) is 7.32. The molecule has 5 N–H and O–H groups in total. The maximum absolute atomic E-state index is 17.0. The molecule has 0 bridgehead atoms. The molecule has 0 spiro atoms. The number of nitrogens with zero attached hydrogens (tertiary/aromatic N) is 5. The molecule has 254 valence electrons. The van der Waals surface area contributed by atoms with E-state index >= 15 is 4.39 Å². The van der Waals surface area contributed by atoms with Crippen LogP contribution in [-0.4, -0.2) is 63.7 Å². The molecule has 0 amide bonds. The third kappa shape index (κ3) is 5.23. The van der Waals surface area contributed by atoms with Gasteiger partial charge in [-0.15, -0.1) is 0 Å². The van der Waals surface area contributed by atoms with Crippen molar-refractivity contribution in [2.45, 2.75) is 57.0 Å². The monoisotopic (exact) mass is 690 g/mol. The number of halogens is 6. The number of fused-ring (bicyclic) bond motifs is 1. The summed E-state index contributed by atoms with van der Waals surface area (Å²) in [5, 5.41) is 2.60. The molecule has 3 aromatic rings. The number of nitrogens with one attached hydrogen (secondary N) is 1. The van der Waals surface area contributed by atoms with Gasteiger partial charge in [0.2, 0.25) is 0 Å². The van der Waals surface area contributed by atoms with Gasteiger partial charge in [-0.25, -0.2) is 23.7 Å². The molecule has 3 atom stereocenters. The first-order valence-corrected chi connectivity index (χ1v) is 15.8. The van der Waals surface area contributed by atoms with Crippen molar-refractivity contribution in [3.8, 4) is 17.0 Å². The van der Waals surface area contributed by atoms with E-state index in [4.69, 9.17) is 32.5 Å². The van der Waals surface area contributed by atoms with E-state index in [0.717, 1.165) is 12.5 Å². The highest BCUT2D eigenvalue weighted by Gasteiger charge is 2.50. The van der Waals surface area contributed by atoms with Crippen LogP contribution in [0.4, 0.5) is 39.3 Å². The summed E-state index contributed by atoms with van der Waals surface area (Å²) in [5.74, 6) is -1.73. The van der Waals surface area contributed by atoms with Crippen LogP contribution < -0.4 is 21.5 Å². The van der Waals surface area contributed by atoms with E-state index in [1.165, 1.54) is 13.1 Å². The standard InChI is InChI=1S/C32H32ClF5N8O2/c1-15-9-19(39)44-26(23(15)32(36,37)38)21-24(33)27-22-28(25(21)35)48-20(47-13-31-6-4-8-45(31)11-17(34)10-31)12-46(30(22)43-14-42-27)16(2)18-5-3-7-41-29(18)40/h3,5,7,9,12,16-17,42H,4,6,8,10-11,13-14H2,1-2H3,(H2,39,44)(H2,40,41)/t16?,17-,31+/m1/s1. The number of pyridine rings is 2. The molecule has 2 aromatic heterocycles. The molecule has 0 radical (unpaired) electrons. The van der Waals surface area contributed by atoms with Gasteiger partial charge in [0, 0.05) is 24.7 Å². The van der Waals surface area contributed by atoms with Gasteiger partial charge in [-0.2, -0.15) is 13.2 Å². The number of aromatic nitrogens is 2. The van der Waals surface area contributed by atoms with Crippen molar-refractivity contribution < 1.29 is 31.4 Å². The lowest BCUT2D eigenvalue weighted by Crippen LogP contribution is -2.42. The number of hydrogen-bond donors (Lipinski definition) is 3. The van der Waals surface area contributed by atoms with Crippen LogP contribution in [0.2, 0.25) is 5.02 Å². The highest BCUT2D eigenvalue weighted by Crippen LogP contribution is 2.51. The summed E-state index contributed by atoms with van der Waals surface area (Å²) in [7, 11) is 0. The van der Waals surface area contributed by atoms with Crippen LogP contribution in [0, 0.1) is 12.7 Å². The Hall–Kier alpha value is -4.37. The minimum Gasteiger partial charge on any atom is -0.462 e. The van der Waals surface area contributed by atoms with Gasteiger partial charge in [-0.1, -0.05) is 17.7 Å². The summed E-state index contributed by atoms with van der Waals surface area (Å²) >= 11 is 6.79. The van der Waals surface area contributed by atoms with E-state index in [0.29, 0.717) is 18.5 Å². The zero-order valence-corrected chi connectivity index (χ0v) is 26.7.